The van der Waals surface area contributed by atoms with Gasteiger partial charge in [0.05, 0.1) is 11.9 Å². The Morgan fingerprint density at radius 3 is 2.67 bits per heavy atom. The molecule has 0 saturated carbocycles. The molecule has 126 valence electrons. The lowest BCUT2D eigenvalue weighted by molar-refractivity contribution is 0.566. The first-order chi connectivity index (χ1) is 11.7. The van der Waals surface area contributed by atoms with Gasteiger partial charge in [0.25, 0.3) is 0 Å². The standard InChI is InChI=1S/C18H21FN4S/c1-14-5-7-16(8-6-14)24-22-21-13-15-3-2-4-17(19)18(15)23-11-9-20-10-12-23/h2-8,13,20,22H,9-12H2,1H3/b21-13+. The lowest BCUT2D eigenvalue weighted by Crippen LogP contribution is -2.44. The van der Waals surface area contributed by atoms with Crippen molar-refractivity contribution in [1.29, 1.82) is 0 Å². The minimum absolute atomic E-state index is 0.202. The number of para-hydroxylation sites is 1. The number of nitrogens with zero attached hydrogens (tertiary/aromatic N) is 2. The van der Waals surface area contributed by atoms with Crippen molar-refractivity contribution >= 4 is 23.8 Å². The fourth-order valence-corrected chi connectivity index (χ4v) is 3.12. The smallest absolute Gasteiger partial charge is 0.147 e. The van der Waals surface area contributed by atoms with Gasteiger partial charge in [0.2, 0.25) is 0 Å². The zero-order valence-electron chi connectivity index (χ0n) is 13.6. The van der Waals surface area contributed by atoms with Gasteiger partial charge in [-0.2, -0.15) is 5.10 Å². The topological polar surface area (TPSA) is 39.7 Å². The maximum Gasteiger partial charge on any atom is 0.147 e. The highest BCUT2D eigenvalue weighted by Crippen LogP contribution is 2.24. The first-order valence-electron chi connectivity index (χ1n) is 8.00. The molecule has 0 unspecified atom stereocenters. The van der Waals surface area contributed by atoms with Gasteiger partial charge in [0.15, 0.2) is 0 Å². The molecule has 2 N–H and O–H groups in total. The highest BCUT2D eigenvalue weighted by molar-refractivity contribution is 7.97. The first kappa shape index (κ1) is 16.8. The van der Waals surface area contributed by atoms with Crippen molar-refractivity contribution in [1.82, 2.24) is 10.1 Å². The molecule has 0 radical (unpaired) electrons. The lowest BCUT2D eigenvalue weighted by atomic mass is 10.1. The molecular weight excluding hydrogens is 323 g/mol. The molecule has 0 amide bonds. The van der Waals surface area contributed by atoms with Gasteiger partial charge in [-0.25, -0.2) is 9.22 Å². The van der Waals surface area contributed by atoms with Crippen LogP contribution in [0.15, 0.2) is 52.5 Å². The maximum atomic E-state index is 14.3. The van der Waals surface area contributed by atoms with E-state index in [4.69, 9.17) is 0 Å². The third kappa shape index (κ3) is 4.27. The van der Waals surface area contributed by atoms with E-state index in [9.17, 15) is 4.39 Å². The van der Waals surface area contributed by atoms with Crippen molar-refractivity contribution in [2.75, 3.05) is 31.1 Å². The second-order valence-corrected chi connectivity index (χ2v) is 6.54. The highest BCUT2D eigenvalue weighted by Gasteiger charge is 2.17. The Hall–Kier alpha value is -2.05. The van der Waals surface area contributed by atoms with Gasteiger partial charge in [-0.15, -0.1) is 0 Å². The minimum atomic E-state index is -0.202. The van der Waals surface area contributed by atoms with E-state index in [0.717, 1.165) is 36.6 Å². The van der Waals surface area contributed by atoms with E-state index in [1.165, 1.54) is 23.6 Å². The third-order valence-electron chi connectivity index (χ3n) is 3.89. The van der Waals surface area contributed by atoms with E-state index in [1.807, 2.05) is 18.2 Å². The molecule has 1 heterocycles. The molecule has 3 rings (SSSR count). The molecule has 24 heavy (non-hydrogen) atoms. The van der Waals surface area contributed by atoms with Crippen molar-refractivity contribution in [2.24, 2.45) is 5.10 Å². The van der Waals surface area contributed by atoms with E-state index in [0.29, 0.717) is 5.69 Å². The summed E-state index contributed by atoms with van der Waals surface area (Å²) in [6.45, 7) is 5.39. The summed E-state index contributed by atoms with van der Waals surface area (Å²) >= 11 is 1.43. The number of anilines is 1. The van der Waals surface area contributed by atoms with Crippen LogP contribution < -0.4 is 15.0 Å². The van der Waals surface area contributed by atoms with Gasteiger partial charge < -0.3 is 10.2 Å². The largest absolute Gasteiger partial charge is 0.366 e. The SMILES string of the molecule is Cc1ccc(SN/N=C/c2cccc(F)c2N2CCNCC2)cc1. The number of hydrogen-bond donors (Lipinski definition) is 2. The normalized spacial score (nSPS) is 15.0. The van der Waals surface area contributed by atoms with Crippen molar-refractivity contribution in [2.45, 2.75) is 11.8 Å². The summed E-state index contributed by atoms with van der Waals surface area (Å²) < 4.78 is 14.3. The summed E-state index contributed by atoms with van der Waals surface area (Å²) in [5, 5.41) is 7.52. The predicted octanol–water partition coefficient (Wildman–Crippen LogP) is 3.17. The van der Waals surface area contributed by atoms with Crippen LogP contribution in [0.1, 0.15) is 11.1 Å². The molecule has 0 aliphatic carbocycles. The fraction of sp³-hybridized carbons (Fsp3) is 0.278. The highest BCUT2D eigenvalue weighted by atomic mass is 32.2. The van der Waals surface area contributed by atoms with E-state index < -0.39 is 0 Å². The first-order valence-corrected chi connectivity index (χ1v) is 8.81. The van der Waals surface area contributed by atoms with E-state index in [2.05, 4.69) is 39.2 Å². The number of nitrogens with one attached hydrogen (secondary N) is 2. The number of aryl methyl sites for hydroxylation is 1. The number of hydrazone groups is 1. The molecule has 4 nitrogen and oxygen atoms in total. The third-order valence-corrected chi connectivity index (χ3v) is 4.60. The van der Waals surface area contributed by atoms with Crippen LogP contribution in [0.2, 0.25) is 0 Å². The van der Waals surface area contributed by atoms with Crippen LogP contribution in [0.25, 0.3) is 0 Å². The zero-order valence-corrected chi connectivity index (χ0v) is 14.4. The average Bonchev–Trinajstić information content (AvgIpc) is 2.61. The van der Waals surface area contributed by atoms with E-state index in [1.54, 1.807) is 12.3 Å². The molecule has 1 aliphatic rings. The molecule has 1 saturated heterocycles. The second-order valence-electron chi connectivity index (χ2n) is 5.68. The fourth-order valence-electron chi connectivity index (χ4n) is 2.64. The van der Waals surface area contributed by atoms with Gasteiger partial charge >= 0.3 is 0 Å². The minimum Gasteiger partial charge on any atom is -0.366 e. The monoisotopic (exact) mass is 344 g/mol. The van der Waals surface area contributed by atoms with Crippen molar-refractivity contribution in [3.05, 3.63) is 59.4 Å². The Morgan fingerprint density at radius 1 is 1.17 bits per heavy atom. The molecule has 2 aromatic rings. The Labute approximate surface area is 146 Å². The van der Waals surface area contributed by atoms with Crippen LogP contribution in [-0.4, -0.2) is 32.4 Å². The maximum absolute atomic E-state index is 14.3. The number of piperazine rings is 1. The van der Waals surface area contributed by atoms with Crippen LogP contribution in [0.4, 0.5) is 10.1 Å². The summed E-state index contributed by atoms with van der Waals surface area (Å²) in [6.07, 6.45) is 1.68. The molecule has 0 spiro atoms. The van der Waals surface area contributed by atoms with Crippen molar-refractivity contribution < 1.29 is 4.39 Å². The van der Waals surface area contributed by atoms with Gasteiger partial charge in [-0.1, -0.05) is 29.8 Å². The Bertz CT molecular complexity index is 697. The van der Waals surface area contributed by atoms with Crippen LogP contribution in [0.3, 0.4) is 0 Å². The van der Waals surface area contributed by atoms with E-state index >= 15 is 0 Å². The number of hydrogen-bond acceptors (Lipinski definition) is 5. The average molecular weight is 344 g/mol. The molecule has 0 aromatic heterocycles. The van der Waals surface area contributed by atoms with Crippen LogP contribution in [0, 0.1) is 12.7 Å². The molecule has 0 bridgehead atoms. The second kappa shape index (κ2) is 8.17. The predicted molar refractivity (Wildman–Crippen MR) is 99.2 cm³/mol. The number of rotatable bonds is 5. The zero-order chi connectivity index (χ0) is 16.8. The molecular formula is C18H21FN4S. The summed E-state index contributed by atoms with van der Waals surface area (Å²) in [7, 11) is 0. The van der Waals surface area contributed by atoms with E-state index in [-0.39, 0.29) is 5.82 Å². The lowest BCUT2D eigenvalue weighted by Gasteiger charge is -2.30. The number of halogens is 1. The Balaban J connectivity index is 1.67. The molecule has 0 atom stereocenters. The summed E-state index contributed by atoms with van der Waals surface area (Å²) in [6, 6.07) is 13.3. The molecule has 2 aromatic carbocycles. The van der Waals surface area contributed by atoms with Gasteiger partial charge in [0.1, 0.15) is 5.82 Å². The molecule has 6 heteroatoms. The molecule has 1 fully saturated rings. The summed E-state index contributed by atoms with van der Waals surface area (Å²) in [5.74, 6) is -0.202. The summed E-state index contributed by atoms with van der Waals surface area (Å²) in [5.41, 5.74) is 2.64. The van der Waals surface area contributed by atoms with Gasteiger partial charge in [-0.3, -0.25) is 0 Å². The van der Waals surface area contributed by atoms with Crippen molar-refractivity contribution in [3.8, 4) is 0 Å². The van der Waals surface area contributed by atoms with Gasteiger partial charge in [0, 0.05) is 48.6 Å². The quantitative estimate of drug-likeness (QED) is 0.496. The van der Waals surface area contributed by atoms with Gasteiger partial charge in [-0.05, 0) is 25.1 Å². The van der Waals surface area contributed by atoms with Crippen LogP contribution in [0.5, 0.6) is 0 Å². The van der Waals surface area contributed by atoms with Crippen LogP contribution in [-0.2, 0) is 0 Å². The number of benzene rings is 2. The Kier molecular flexibility index (Phi) is 5.72. The summed E-state index contributed by atoms with van der Waals surface area (Å²) in [4.78, 5) is 6.10. The molecule has 1 aliphatic heterocycles. The van der Waals surface area contributed by atoms with Crippen molar-refractivity contribution in [3.63, 3.8) is 0 Å². The Morgan fingerprint density at radius 2 is 1.92 bits per heavy atom. The van der Waals surface area contributed by atoms with Crippen LogP contribution >= 0.6 is 11.9 Å².